The predicted molar refractivity (Wildman–Crippen MR) is 169 cm³/mol. The molecule has 224 valence electrons. The number of benzene rings is 2. The van der Waals surface area contributed by atoms with Crippen LogP contribution < -0.4 is 25.4 Å². The summed E-state index contributed by atoms with van der Waals surface area (Å²) >= 11 is 1.47. The monoisotopic (exact) mass is 601 g/mol. The van der Waals surface area contributed by atoms with Gasteiger partial charge in [0.2, 0.25) is 5.75 Å². The molecule has 0 unspecified atom stereocenters. The van der Waals surface area contributed by atoms with Crippen LogP contribution in [0, 0.1) is 0 Å². The van der Waals surface area contributed by atoms with Crippen molar-refractivity contribution in [3.63, 3.8) is 0 Å². The number of nitrogens with zero attached hydrogens (tertiary/aromatic N) is 4. The molecule has 2 aromatic carbocycles. The highest BCUT2D eigenvalue weighted by molar-refractivity contribution is 7.98. The zero-order chi connectivity index (χ0) is 30.7. The van der Waals surface area contributed by atoms with Crippen LogP contribution in [-0.2, 0) is 16.8 Å². The Morgan fingerprint density at radius 2 is 1.95 bits per heavy atom. The van der Waals surface area contributed by atoms with Crippen molar-refractivity contribution >= 4 is 41.0 Å². The maximum Gasteiger partial charge on any atom is 0.324 e. The van der Waals surface area contributed by atoms with Crippen LogP contribution in [0.5, 0.6) is 17.2 Å². The Balaban J connectivity index is 1.36. The van der Waals surface area contributed by atoms with Crippen molar-refractivity contribution in [3.8, 4) is 22.9 Å². The number of urea groups is 1. The second kappa shape index (κ2) is 12.4. The van der Waals surface area contributed by atoms with Gasteiger partial charge in [0.05, 0.1) is 17.1 Å². The number of rotatable bonds is 8. The molecule has 0 saturated carbocycles. The number of pyridine rings is 1. The number of hydrogen-bond acceptors (Lipinski definition) is 8. The van der Waals surface area contributed by atoms with E-state index >= 15 is 0 Å². The second-order valence-electron chi connectivity index (χ2n) is 11.4. The number of anilines is 3. The number of carbonyl (C=O) groups excluding carboxylic acids is 2. The first-order chi connectivity index (χ1) is 20.5. The summed E-state index contributed by atoms with van der Waals surface area (Å²) in [5.41, 5.74) is 3.26. The zero-order valence-corrected chi connectivity index (χ0v) is 25.8. The van der Waals surface area contributed by atoms with Crippen molar-refractivity contribution in [3.05, 3.63) is 72.1 Å². The minimum Gasteiger partial charge on any atom is -0.476 e. The summed E-state index contributed by atoms with van der Waals surface area (Å²) in [6, 6.07) is 16.6. The largest absolute Gasteiger partial charge is 0.476 e. The molecule has 0 radical (unpaired) electrons. The van der Waals surface area contributed by atoms with E-state index in [-0.39, 0.29) is 17.9 Å². The summed E-state index contributed by atoms with van der Waals surface area (Å²) in [7, 11) is 4.05. The van der Waals surface area contributed by atoms with Gasteiger partial charge in [-0.1, -0.05) is 32.9 Å². The third-order valence-electron chi connectivity index (χ3n) is 6.50. The maximum absolute atomic E-state index is 13.3. The van der Waals surface area contributed by atoms with Crippen molar-refractivity contribution in [2.75, 3.05) is 42.9 Å². The van der Waals surface area contributed by atoms with Gasteiger partial charge in [0.1, 0.15) is 11.6 Å². The number of hydrogen-bond donors (Lipinski definition) is 3. The van der Waals surface area contributed by atoms with E-state index in [1.807, 2.05) is 44.6 Å². The molecule has 43 heavy (non-hydrogen) atoms. The van der Waals surface area contributed by atoms with E-state index in [0.717, 1.165) is 28.4 Å². The molecular formula is C31H35N7O4S. The van der Waals surface area contributed by atoms with E-state index in [0.29, 0.717) is 34.6 Å². The molecule has 0 aliphatic carbocycles. The van der Waals surface area contributed by atoms with Crippen LogP contribution in [0.1, 0.15) is 32.0 Å². The van der Waals surface area contributed by atoms with Gasteiger partial charge >= 0.3 is 6.03 Å². The van der Waals surface area contributed by atoms with Gasteiger partial charge in [0, 0.05) is 35.2 Å². The Kier molecular flexibility index (Phi) is 8.60. The Bertz CT molecular complexity index is 1660. The lowest BCUT2D eigenvalue weighted by Gasteiger charge is -2.19. The Morgan fingerprint density at radius 1 is 1.14 bits per heavy atom. The minimum absolute atomic E-state index is 0.110. The van der Waals surface area contributed by atoms with Crippen LogP contribution in [0.15, 0.2) is 65.7 Å². The average Bonchev–Trinajstić information content (AvgIpc) is 3.38. The topological polar surface area (TPSA) is 123 Å². The van der Waals surface area contributed by atoms with Gasteiger partial charge < -0.3 is 25.0 Å². The molecule has 0 fully saturated rings. The molecule has 0 saturated heterocycles. The number of thioether (sulfide) groups is 1. The van der Waals surface area contributed by atoms with E-state index in [4.69, 9.17) is 14.6 Å². The van der Waals surface area contributed by atoms with Gasteiger partial charge in [-0.25, -0.2) is 14.5 Å². The minimum atomic E-state index is -0.401. The first-order valence-electron chi connectivity index (χ1n) is 13.7. The van der Waals surface area contributed by atoms with Gasteiger partial charge in [-0.05, 0) is 56.2 Å². The van der Waals surface area contributed by atoms with Crippen LogP contribution in [0.2, 0.25) is 0 Å². The van der Waals surface area contributed by atoms with E-state index < -0.39 is 6.03 Å². The van der Waals surface area contributed by atoms with Crippen LogP contribution in [-0.4, -0.2) is 58.6 Å². The fraction of sp³-hybridized carbons (Fsp3) is 0.290. The standard InChI is InChI=1S/C31H35N7O4S/c1-31(2,3)25-16-26(38(36-25)20-9-7-8-19(14-20)17-37(4)5)34-30(40)33-22-11-10-21(15-24(22)43-6)42-23-12-13-32-29-28(23)41-18-27(39)35-29/h7-16H,17-18H2,1-6H3,(H,32,35,39)(H2,33,34,40). The molecule has 5 rings (SSSR count). The summed E-state index contributed by atoms with van der Waals surface area (Å²) in [6.45, 7) is 6.94. The van der Waals surface area contributed by atoms with Crippen molar-refractivity contribution in [1.82, 2.24) is 19.7 Å². The highest BCUT2D eigenvalue weighted by Crippen LogP contribution is 2.39. The molecular weight excluding hydrogens is 566 g/mol. The summed E-state index contributed by atoms with van der Waals surface area (Å²) in [4.78, 5) is 32.0. The lowest BCUT2D eigenvalue weighted by Crippen LogP contribution is -2.26. The molecule has 0 spiro atoms. The van der Waals surface area contributed by atoms with Crippen molar-refractivity contribution in [2.24, 2.45) is 0 Å². The van der Waals surface area contributed by atoms with Crippen LogP contribution in [0.3, 0.4) is 0 Å². The molecule has 3 N–H and O–H groups in total. The molecule has 0 bridgehead atoms. The van der Waals surface area contributed by atoms with Gasteiger partial charge in [-0.2, -0.15) is 5.10 Å². The first kappa shape index (κ1) is 29.9. The van der Waals surface area contributed by atoms with E-state index in [1.54, 1.807) is 22.9 Å². The predicted octanol–water partition coefficient (Wildman–Crippen LogP) is 6.12. The normalized spacial score (nSPS) is 12.8. The molecule has 0 atom stereocenters. The van der Waals surface area contributed by atoms with Crippen LogP contribution in [0.25, 0.3) is 5.69 Å². The molecule has 4 aromatic rings. The van der Waals surface area contributed by atoms with E-state index in [2.05, 4.69) is 58.7 Å². The summed E-state index contributed by atoms with van der Waals surface area (Å²) in [5.74, 6) is 1.93. The molecule has 2 aromatic heterocycles. The van der Waals surface area contributed by atoms with Gasteiger partial charge in [-0.3, -0.25) is 10.1 Å². The number of carbonyl (C=O) groups is 2. The van der Waals surface area contributed by atoms with Gasteiger partial charge in [0.15, 0.2) is 18.2 Å². The van der Waals surface area contributed by atoms with Crippen molar-refractivity contribution in [2.45, 2.75) is 37.6 Å². The zero-order valence-electron chi connectivity index (χ0n) is 25.0. The third-order valence-corrected chi connectivity index (χ3v) is 7.27. The first-order valence-corrected chi connectivity index (χ1v) is 14.9. The Morgan fingerprint density at radius 3 is 2.70 bits per heavy atom. The number of ether oxygens (including phenoxy) is 2. The number of nitrogens with one attached hydrogen (secondary N) is 3. The van der Waals surface area contributed by atoms with Crippen LogP contribution >= 0.6 is 11.8 Å². The maximum atomic E-state index is 13.3. The lowest BCUT2D eigenvalue weighted by atomic mass is 9.92. The lowest BCUT2D eigenvalue weighted by molar-refractivity contribution is -0.118. The fourth-order valence-corrected chi connectivity index (χ4v) is 5.04. The van der Waals surface area contributed by atoms with Crippen molar-refractivity contribution < 1.29 is 19.1 Å². The number of fused-ring (bicyclic) bond motifs is 1. The van der Waals surface area contributed by atoms with Gasteiger partial charge in [-0.15, -0.1) is 11.8 Å². The number of amides is 3. The SMILES string of the molecule is CSc1cc(Oc2ccnc3c2OCC(=O)N3)ccc1NC(=O)Nc1cc(C(C)(C)C)nn1-c1cccc(CN(C)C)c1. The molecule has 12 heteroatoms. The summed E-state index contributed by atoms with van der Waals surface area (Å²) in [6.07, 6.45) is 3.45. The van der Waals surface area contributed by atoms with E-state index in [1.165, 1.54) is 18.0 Å². The highest BCUT2D eigenvalue weighted by atomic mass is 32.2. The fourth-order valence-electron chi connectivity index (χ4n) is 4.47. The quantitative estimate of drug-likeness (QED) is 0.207. The summed E-state index contributed by atoms with van der Waals surface area (Å²) < 4.78 is 13.4. The van der Waals surface area contributed by atoms with E-state index in [9.17, 15) is 9.59 Å². The molecule has 1 aliphatic heterocycles. The second-order valence-corrected chi connectivity index (χ2v) is 12.2. The summed E-state index contributed by atoms with van der Waals surface area (Å²) in [5, 5.41) is 13.5. The smallest absolute Gasteiger partial charge is 0.324 e. The Labute approximate surface area is 255 Å². The molecule has 11 nitrogen and oxygen atoms in total. The third kappa shape index (κ3) is 7.09. The Hall–Kier alpha value is -4.55. The van der Waals surface area contributed by atoms with Crippen LogP contribution in [0.4, 0.5) is 22.1 Å². The van der Waals surface area contributed by atoms with Gasteiger partial charge in [0.25, 0.3) is 5.91 Å². The highest BCUT2D eigenvalue weighted by Gasteiger charge is 2.23. The average molecular weight is 602 g/mol. The number of aromatic nitrogens is 3. The van der Waals surface area contributed by atoms with Crippen molar-refractivity contribution in [1.29, 1.82) is 0 Å². The molecule has 1 aliphatic rings. The molecule has 3 amide bonds. The molecule has 3 heterocycles.